The molecule has 140 valence electrons. The van der Waals surface area contributed by atoms with Crippen molar-refractivity contribution in [3.8, 4) is 11.5 Å². The lowest BCUT2D eigenvalue weighted by molar-refractivity contribution is -0.141. The molecule has 1 N–H and O–H groups in total. The first-order chi connectivity index (χ1) is 12.4. The minimum absolute atomic E-state index is 0.0323. The molecule has 0 unspecified atom stereocenters. The smallest absolute Gasteiger partial charge is 0.433 e. The Kier molecular flexibility index (Phi) is 5.85. The molecule has 26 heavy (non-hydrogen) atoms. The van der Waals surface area contributed by atoms with E-state index in [9.17, 15) is 18.0 Å². The van der Waals surface area contributed by atoms with Gasteiger partial charge in [0.05, 0.1) is 12.0 Å². The third-order valence-electron chi connectivity index (χ3n) is 4.07. The zero-order valence-electron chi connectivity index (χ0n) is 13.9. The number of carbonyl (C=O) groups is 1. The number of alkyl halides is 3. The molecule has 0 aromatic carbocycles. The second kappa shape index (κ2) is 8.11. The molecule has 0 atom stereocenters. The summed E-state index contributed by atoms with van der Waals surface area (Å²) in [6.07, 6.45) is 1.98. The molecule has 2 aromatic heterocycles. The van der Waals surface area contributed by atoms with Crippen molar-refractivity contribution in [3.63, 3.8) is 0 Å². The van der Waals surface area contributed by atoms with E-state index in [-0.39, 0.29) is 34.3 Å². The van der Waals surface area contributed by atoms with Gasteiger partial charge in [0.15, 0.2) is 10.9 Å². The van der Waals surface area contributed by atoms with Crippen LogP contribution in [0.2, 0.25) is 0 Å². The molecule has 2 aromatic rings. The van der Waals surface area contributed by atoms with Crippen LogP contribution in [0.15, 0.2) is 34.0 Å². The Morgan fingerprint density at radius 1 is 1.27 bits per heavy atom. The SMILES string of the molecule is O=C(CSc1nc(-c2ccco2)cc(C(F)(F)F)n1)NC1CCCCC1. The quantitative estimate of drug-likeness (QED) is 0.614. The van der Waals surface area contributed by atoms with Crippen molar-refractivity contribution in [3.05, 3.63) is 30.2 Å². The number of hydrogen-bond acceptors (Lipinski definition) is 5. The van der Waals surface area contributed by atoms with Crippen LogP contribution in [-0.2, 0) is 11.0 Å². The summed E-state index contributed by atoms with van der Waals surface area (Å²) in [6, 6.07) is 4.07. The van der Waals surface area contributed by atoms with Gasteiger partial charge in [0.1, 0.15) is 11.4 Å². The lowest BCUT2D eigenvalue weighted by Crippen LogP contribution is -2.37. The zero-order valence-corrected chi connectivity index (χ0v) is 14.7. The zero-order chi connectivity index (χ0) is 18.6. The maximum atomic E-state index is 13.1. The van der Waals surface area contributed by atoms with Crippen LogP contribution in [-0.4, -0.2) is 27.7 Å². The Hall–Kier alpha value is -2.03. The van der Waals surface area contributed by atoms with Crippen LogP contribution in [0.3, 0.4) is 0 Å². The van der Waals surface area contributed by atoms with E-state index in [1.807, 2.05) is 0 Å². The molecular formula is C17H18F3N3O2S. The molecule has 0 bridgehead atoms. The summed E-state index contributed by atoms with van der Waals surface area (Å²) in [4.78, 5) is 19.7. The maximum Gasteiger partial charge on any atom is 0.433 e. The van der Waals surface area contributed by atoms with Crippen molar-refractivity contribution >= 4 is 17.7 Å². The lowest BCUT2D eigenvalue weighted by Gasteiger charge is -2.22. The van der Waals surface area contributed by atoms with E-state index >= 15 is 0 Å². The van der Waals surface area contributed by atoms with Crippen molar-refractivity contribution in [1.82, 2.24) is 15.3 Å². The lowest BCUT2D eigenvalue weighted by atomic mass is 9.95. The minimum atomic E-state index is -4.61. The summed E-state index contributed by atoms with van der Waals surface area (Å²) in [5.74, 6) is -0.0380. The summed E-state index contributed by atoms with van der Waals surface area (Å²) < 4.78 is 44.4. The standard InChI is InChI=1S/C17H18F3N3O2S/c18-17(19,20)14-9-12(13-7-4-8-25-13)22-16(23-14)26-10-15(24)21-11-5-2-1-3-6-11/h4,7-9,11H,1-3,5-6,10H2,(H,21,24). The van der Waals surface area contributed by atoms with Crippen LogP contribution in [0.25, 0.3) is 11.5 Å². The van der Waals surface area contributed by atoms with Gasteiger partial charge in [-0.15, -0.1) is 0 Å². The van der Waals surface area contributed by atoms with Crippen LogP contribution in [0.5, 0.6) is 0 Å². The topological polar surface area (TPSA) is 68.0 Å². The van der Waals surface area contributed by atoms with E-state index in [2.05, 4.69) is 15.3 Å². The second-order valence-electron chi connectivity index (χ2n) is 6.09. The van der Waals surface area contributed by atoms with Crippen LogP contribution in [0, 0.1) is 0 Å². The summed E-state index contributed by atoms with van der Waals surface area (Å²) in [5, 5.41) is 2.81. The highest BCUT2D eigenvalue weighted by molar-refractivity contribution is 7.99. The number of hydrogen-bond donors (Lipinski definition) is 1. The average molecular weight is 385 g/mol. The fourth-order valence-corrected chi connectivity index (χ4v) is 3.50. The van der Waals surface area contributed by atoms with Gasteiger partial charge >= 0.3 is 6.18 Å². The number of thioether (sulfide) groups is 1. The largest absolute Gasteiger partial charge is 0.463 e. The first kappa shape index (κ1) is 18.8. The Labute approximate surface area is 152 Å². The molecule has 1 fully saturated rings. The van der Waals surface area contributed by atoms with E-state index in [4.69, 9.17) is 4.42 Å². The first-order valence-electron chi connectivity index (χ1n) is 8.34. The normalized spacial score (nSPS) is 15.8. The van der Waals surface area contributed by atoms with E-state index in [0.29, 0.717) is 0 Å². The molecule has 0 spiro atoms. The first-order valence-corrected chi connectivity index (χ1v) is 9.33. The second-order valence-corrected chi connectivity index (χ2v) is 7.03. The number of halogens is 3. The van der Waals surface area contributed by atoms with Gasteiger partial charge < -0.3 is 9.73 Å². The van der Waals surface area contributed by atoms with Gasteiger partial charge in [-0.3, -0.25) is 4.79 Å². The Morgan fingerprint density at radius 3 is 2.69 bits per heavy atom. The Balaban J connectivity index is 1.70. The summed E-state index contributed by atoms with van der Waals surface area (Å²) >= 11 is 0.883. The summed E-state index contributed by atoms with van der Waals surface area (Å²) in [5.41, 5.74) is -1.03. The van der Waals surface area contributed by atoms with Crippen LogP contribution >= 0.6 is 11.8 Å². The molecule has 0 aliphatic heterocycles. The molecule has 1 aliphatic carbocycles. The number of furan rings is 1. The van der Waals surface area contributed by atoms with Crippen molar-refractivity contribution in [1.29, 1.82) is 0 Å². The predicted molar refractivity (Wildman–Crippen MR) is 90.5 cm³/mol. The monoisotopic (exact) mass is 385 g/mol. The molecule has 2 heterocycles. The number of aromatic nitrogens is 2. The highest BCUT2D eigenvalue weighted by atomic mass is 32.2. The fourth-order valence-electron chi connectivity index (χ4n) is 2.83. The highest BCUT2D eigenvalue weighted by Crippen LogP contribution is 2.32. The number of amides is 1. The molecule has 0 radical (unpaired) electrons. The van der Waals surface area contributed by atoms with Crippen molar-refractivity contribution in [2.45, 2.75) is 49.5 Å². The summed E-state index contributed by atoms with van der Waals surface area (Å²) in [7, 11) is 0. The van der Waals surface area contributed by atoms with Gasteiger partial charge in [-0.05, 0) is 31.0 Å². The average Bonchev–Trinajstić information content (AvgIpc) is 3.14. The van der Waals surface area contributed by atoms with Gasteiger partial charge in [0.2, 0.25) is 5.91 Å². The number of nitrogens with zero attached hydrogens (tertiary/aromatic N) is 2. The highest BCUT2D eigenvalue weighted by Gasteiger charge is 2.34. The predicted octanol–water partition coefficient (Wildman–Crippen LogP) is 4.30. The molecule has 1 saturated carbocycles. The molecular weight excluding hydrogens is 367 g/mol. The van der Waals surface area contributed by atoms with Crippen molar-refractivity contribution in [2.75, 3.05) is 5.75 Å². The molecule has 5 nitrogen and oxygen atoms in total. The summed E-state index contributed by atoms with van der Waals surface area (Å²) in [6.45, 7) is 0. The number of carbonyl (C=O) groups excluding carboxylic acids is 1. The number of rotatable bonds is 5. The van der Waals surface area contributed by atoms with Gasteiger partial charge in [0.25, 0.3) is 0 Å². The van der Waals surface area contributed by atoms with Crippen LogP contribution < -0.4 is 5.32 Å². The third-order valence-corrected chi connectivity index (χ3v) is 4.92. The molecule has 1 aliphatic rings. The Bertz CT molecular complexity index is 744. The minimum Gasteiger partial charge on any atom is -0.463 e. The van der Waals surface area contributed by atoms with Gasteiger partial charge in [-0.1, -0.05) is 31.0 Å². The van der Waals surface area contributed by atoms with E-state index in [0.717, 1.165) is 43.5 Å². The third kappa shape index (κ3) is 5.00. The Morgan fingerprint density at radius 2 is 2.04 bits per heavy atom. The molecule has 0 saturated heterocycles. The van der Waals surface area contributed by atoms with Gasteiger partial charge in [0, 0.05) is 6.04 Å². The van der Waals surface area contributed by atoms with E-state index < -0.39 is 11.9 Å². The maximum absolute atomic E-state index is 13.1. The van der Waals surface area contributed by atoms with Crippen molar-refractivity contribution < 1.29 is 22.4 Å². The van der Waals surface area contributed by atoms with Gasteiger partial charge in [-0.2, -0.15) is 13.2 Å². The van der Waals surface area contributed by atoms with E-state index in [1.165, 1.54) is 18.8 Å². The van der Waals surface area contributed by atoms with Crippen molar-refractivity contribution in [2.24, 2.45) is 0 Å². The molecule has 3 rings (SSSR count). The number of nitrogens with one attached hydrogen (secondary N) is 1. The van der Waals surface area contributed by atoms with Crippen LogP contribution in [0.4, 0.5) is 13.2 Å². The van der Waals surface area contributed by atoms with Gasteiger partial charge in [-0.25, -0.2) is 9.97 Å². The fraction of sp³-hybridized carbons (Fsp3) is 0.471. The van der Waals surface area contributed by atoms with E-state index in [1.54, 1.807) is 6.07 Å². The molecule has 1 amide bonds. The molecule has 9 heteroatoms. The van der Waals surface area contributed by atoms with Crippen LogP contribution in [0.1, 0.15) is 37.8 Å².